The standard InChI is InChI=1S/C15H18Cl2FN3O2.ClH/c16-11-7-12(17)13(18)6-10(11)15(23)21-5-1-2-9(8-21)14(22)20-4-3-19;/h6-7,9H,1-5,8,19H2,(H,20,22);1H. The summed E-state index contributed by atoms with van der Waals surface area (Å²) in [6.45, 7) is 1.54. The van der Waals surface area contributed by atoms with E-state index < -0.39 is 11.7 Å². The van der Waals surface area contributed by atoms with Crippen LogP contribution in [0.25, 0.3) is 0 Å². The van der Waals surface area contributed by atoms with Crippen molar-refractivity contribution in [1.29, 1.82) is 0 Å². The number of likely N-dealkylation sites (tertiary alicyclic amines) is 1. The molecular weight excluding hydrogens is 380 g/mol. The lowest BCUT2D eigenvalue weighted by atomic mass is 9.96. The van der Waals surface area contributed by atoms with Crippen LogP contribution in [0.15, 0.2) is 12.1 Å². The zero-order chi connectivity index (χ0) is 17.0. The molecule has 134 valence electrons. The number of piperidine rings is 1. The molecule has 0 aromatic heterocycles. The first kappa shape index (κ1) is 21.0. The summed E-state index contributed by atoms with van der Waals surface area (Å²) < 4.78 is 13.6. The van der Waals surface area contributed by atoms with Gasteiger partial charge in [-0.05, 0) is 25.0 Å². The van der Waals surface area contributed by atoms with E-state index in [2.05, 4.69) is 5.32 Å². The van der Waals surface area contributed by atoms with Crippen molar-refractivity contribution in [3.8, 4) is 0 Å². The minimum Gasteiger partial charge on any atom is -0.355 e. The minimum atomic E-state index is -0.700. The number of carbonyl (C=O) groups is 2. The van der Waals surface area contributed by atoms with Gasteiger partial charge >= 0.3 is 0 Å². The summed E-state index contributed by atoms with van der Waals surface area (Å²) >= 11 is 11.6. The summed E-state index contributed by atoms with van der Waals surface area (Å²) in [5.41, 5.74) is 5.41. The van der Waals surface area contributed by atoms with Gasteiger partial charge in [0.1, 0.15) is 5.82 Å². The predicted octanol–water partition coefficient (Wildman–Crippen LogP) is 2.48. The second kappa shape index (κ2) is 9.42. The summed E-state index contributed by atoms with van der Waals surface area (Å²) in [5, 5.41) is 2.68. The molecule has 1 aromatic rings. The van der Waals surface area contributed by atoms with Crippen LogP contribution >= 0.6 is 35.6 Å². The lowest BCUT2D eigenvalue weighted by Gasteiger charge is -2.32. The van der Waals surface area contributed by atoms with E-state index in [0.717, 1.165) is 6.07 Å². The monoisotopic (exact) mass is 397 g/mol. The van der Waals surface area contributed by atoms with E-state index >= 15 is 0 Å². The second-order valence-corrected chi connectivity index (χ2v) is 6.23. The topological polar surface area (TPSA) is 75.4 Å². The Bertz CT molecular complexity index is 616. The lowest BCUT2D eigenvalue weighted by molar-refractivity contribution is -0.126. The van der Waals surface area contributed by atoms with Crippen molar-refractivity contribution >= 4 is 47.4 Å². The predicted molar refractivity (Wildman–Crippen MR) is 94.4 cm³/mol. The van der Waals surface area contributed by atoms with Crippen molar-refractivity contribution in [1.82, 2.24) is 10.2 Å². The van der Waals surface area contributed by atoms with Crippen molar-refractivity contribution in [3.63, 3.8) is 0 Å². The molecule has 0 saturated carbocycles. The number of nitrogens with two attached hydrogens (primary N) is 1. The Morgan fingerprint density at radius 3 is 2.71 bits per heavy atom. The van der Waals surface area contributed by atoms with Gasteiger partial charge in [-0.3, -0.25) is 9.59 Å². The molecule has 1 aliphatic heterocycles. The Kier molecular flexibility index (Phi) is 8.22. The van der Waals surface area contributed by atoms with E-state index in [1.165, 1.54) is 11.0 Å². The second-order valence-electron chi connectivity index (χ2n) is 5.42. The Hall–Kier alpha value is -1.08. The molecule has 2 amide bonds. The first-order chi connectivity index (χ1) is 10.9. The highest BCUT2D eigenvalue weighted by Crippen LogP contribution is 2.27. The van der Waals surface area contributed by atoms with Gasteiger partial charge in [-0.15, -0.1) is 12.4 Å². The Labute approximate surface area is 156 Å². The van der Waals surface area contributed by atoms with Gasteiger partial charge in [0, 0.05) is 26.2 Å². The number of nitrogens with one attached hydrogen (secondary N) is 1. The van der Waals surface area contributed by atoms with Gasteiger partial charge in [-0.2, -0.15) is 0 Å². The molecule has 3 N–H and O–H groups in total. The summed E-state index contributed by atoms with van der Waals surface area (Å²) in [4.78, 5) is 26.1. The van der Waals surface area contributed by atoms with Crippen LogP contribution in [0.4, 0.5) is 4.39 Å². The molecule has 1 heterocycles. The Balaban J connectivity index is 0.00000288. The van der Waals surface area contributed by atoms with Gasteiger partial charge in [-0.25, -0.2) is 4.39 Å². The molecular formula is C15H19Cl3FN3O2. The highest BCUT2D eigenvalue weighted by atomic mass is 35.5. The zero-order valence-electron chi connectivity index (χ0n) is 12.9. The normalized spacial score (nSPS) is 17.2. The van der Waals surface area contributed by atoms with Gasteiger partial charge in [0.05, 0.1) is 21.5 Å². The minimum absolute atomic E-state index is 0. The number of benzene rings is 1. The van der Waals surface area contributed by atoms with E-state index in [9.17, 15) is 14.0 Å². The average molecular weight is 399 g/mol. The molecule has 24 heavy (non-hydrogen) atoms. The van der Waals surface area contributed by atoms with E-state index in [-0.39, 0.29) is 46.4 Å². The molecule has 1 atom stereocenters. The van der Waals surface area contributed by atoms with E-state index in [4.69, 9.17) is 28.9 Å². The first-order valence-electron chi connectivity index (χ1n) is 7.35. The summed E-state index contributed by atoms with van der Waals surface area (Å²) in [5.74, 6) is -1.52. The zero-order valence-corrected chi connectivity index (χ0v) is 15.2. The molecule has 0 spiro atoms. The maximum atomic E-state index is 13.6. The Morgan fingerprint density at radius 2 is 2.04 bits per heavy atom. The van der Waals surface area contributed by atoms with Crippen molar-refractivity contribution in [2.24, 2.45) is 11.7 Å². The SMILES string of the molecule is Cl.NCCNC(=O)C1CCCN(C(=O)c2cc(F)c(Cl)cc2Cl)C1. The third-order valence-electron chi connectivity index (χ3n) is 3.76. The van der Waals surface area contributed by atoms with Gasteiger partial charge in [0.25, 0.3) is 5.91 Å². The van der Waals surface area contributed by atoms with Crippen LogP contribution < -0.4 is 11.1 Å². The quantitative estimate of drug-likeness (QED) is 0.765. The molecule has 0 radical (unpaired) electrons. The molecule has 0 aliphatic carbocycles. The Morgan fingerprint density at radius 1 is 1.33 bits per heavy atom. The van der Waals surface area contributed by atoms with Crippen LogP contribution in [0.5, 0.6) is 0 Å². The molecule has 0 bridgehead atoms. The van der Waals surface area contributed by atoms with E-state index in [0.29, 0.717) is 32.5 Å². The van der Waals surface area contributed by atoms with Crippen molar-refractivity contribution < 1.29 is 14.0 Å². The van der Waals surface area contributed by atoms with Gasteiger partial charge in [0.15, 0.2) is 0 Å². The highest BCUT2D eigenvalue weighted by Gasteiger charge is 2.29. The molecule has 1 saturated heterocycles. The molecule has 1 aliphatic rings. The largest absolute Gasteiger partial charge is 0.355 e. The molecule has 1 unspecified atom stereocenters. The maximum absolute atomic E-state index is 13.6. The number of carbonyl (C=O) groups excluding carboxylic acids is 2. The lowest BCUT2D eigenvalue weighted by Crippen LogP contribution is -2.46. The molecule has 9 heteroatoms. The number of hydrogen-bond acceptors (Lipinski definition) is 3. The van der Waals surface area contributed by atoms with Crippen molar-refractivity contribution in [2.45, 2.75) is 12.8 Å². The van der Waals surface area contributed by atoms with E-state index in [1.54, 1.807) is 0 Å². The third-order valence-corrected chi connectivity index (χ3v) is 4.37. The van der Waals surface area contributed by atoms with Crippen LogP contribution in [-0.2, 0) is 4.79 Å². The summed E-state index contributed by atoms with van der Waals surface area (Å²) in [6, 6.07) is 2.24. The fraction of sp³-hybridized carbons (Fsp3) is 0.467. The number of hydrogen-bond donors (Lipinski definition) is 2. The number of rotatable bonds is 4. The summed E-state index contributed by atoms with van der Waals surface area (Å²) in [7, 11) is 0. The molecule has 5 nitrogen and oxygen atoms in total. The number of halogens is 4. The van der Waals surface area contributed by atoms with Gasteiger partial charge < -0.3 is 16.0 Å². The molecule has 2 rings (SSSR count). The fourth-order valence-corrected chi connectivity index (χ4v) is 3.04. The van der Waals surface area contributed by atoms with Crippen LogP contribution in [0, 0.1) is 11.7 Å². The molecule has 1 aromatic carbocycles. The van der Waals surface area contributed by atoms with Crippen LogP contribution in [-0.4, -0.2) is 42.9 Å². The van der Waals surface area contributed by atoms with Crippen molar-refractivity contribution in [3.05, 3.63) is 33.6 Å². The van der Waals surface area contributed by atoms with Crippen LogP contribution in [0.1, 0.15) is 23.2 Å². The first-order valence-corrected chi connectivity index (χ1v) is 8.11. The van der Waals surface area contributed by atoms with E-state index in [1.807, 2.05) is 0 Å². The van der Waals surface area contributed by atoms with Crippen LogP contribution in [0.2, 0.25) is 10.0 Å². The maximum Gasteiger partial charge on any atom is 0.255 e. The third kappa shape index (κ3) is 4.96. The van der Waals surface area contributed by atoms with Crippen molar-refractivity contribution in [2.75, 3.05) is 26.2 Å². The van der Waals surface area contributed by atoms with Gasteiger partial charge in [-0.1, -0.05) is 23.2 Å². The number of nitrogens with zero attached hydrogens (tertiary/aromatic N) is 1. The molecule has 1 fully saturated rings. The number of amides is 2. The highest BCUT2D eigenvalue weighted by molar-refractivity contribution is 6.36. The fourth-order valence-electron chi connectivity index (χ4n) is 2.57. The summed E-state index contributed by atoms with van der Waals surface area (Å²) in [6.07, 6.45) is 1.39. The average Bonchev–Trinajstić information content (AvgIpc) is 2.55. The van der Waals surface area contributed by atoms with Gasteiger partial charge in [0.2, 0.25) is 5.91 Å². The van der Waals surface area contributed by atoms with Crippen LogP contribution in [0.3, 0.4) is 0 Å². The smallest absolute Gasteiger partial charge is 0.255 e.